The minimum Gasteiger partial charge on any atom is -0.497 e. The monoisotopic (exact) mass is 524 g/mol. The van der Waals surface area contributed by atoms with Gasteiger partial charge in [0.15, 0.2) is 15.8 Å². The highest BCUT2D eigenvalue weighted by molar-refractivity contribution is 14.0. The van der Waals surface area contributed by atoms with Crippen LogP contribution >= 0.6 is 24.0 Å². The minimum absolute atomic E-state index is 0. The van der Waals surface area contributed by atoms with E-state index in [1.165, 1.54) is 0 Å². The molecule has 158 valence electrons. The van der Waals surface area contributed by atoms with Gasteiger partial charge in [-0.2, -0.15) is 0 Å². The number of aliphatic imine (C=N–C) groups is 1. The highest BCUT2D eigenvalue weighted by Gasteiger charge is 2.40. The zero-order chi connectivity index (χ0) is 20.1. The molecule has 1 aromatic rings. The Kier molecular flexibility index (Phi) is 8.99. The second-order valence-corrected chi connectivity index (χ2v) is 9.70. The molecule has 2 N–H and O–H groups in total. The van der Waals surface area contributed by atoms with Crippen molar-refractivity contribution < 1.29 is 17.9 Å². The van der Waals surface area contributed by atoms with E-state index in [0.717, 1.165) is 0 Å². The molecule has 2 rings (SSSR count). The number of amides is 1. The molecular weight excluding hydrogens is 495 g/mol. The lowest BCUT2D eigenvalue weighted by molar-refractivity contribution is 0.0954. The first kappa shape index (κ1) is 24.5. The molecule has 0 aromatic heterocycles. The predicted octanol–water partition coefficient (Wildman–Crippen LogP) is 1.13. The molecule has 1 amide bonds. The maximum absolute atomic E-state index is 12.2. The molecule has 1 aliphatic rings. The van der Waals surface area contributed by atoms with Crippen LogP contribution in [0.15, 0.2) is 29.3 Å². The van der Waals surface area contributed by atoms with Crippen molar-refractivity contribution in [3.63, 3.8) is 0 Å². The number of sulfone groups is 1. The van der Waals surface area contributed by atoms with E-state index in [9.17, 15) is 13.2 Å². The van der Waals surface area contributed by atoms with E-state index in [1.807, 2.05) is 4.90 Å². The maximum atomic E-state index is 12.2. The number of hydrogen-bond acceptors (Lipinski definition) is 5. The van der Waals surface area contributed by atoms with Gasteiger partial charge in [0.2, 0.25) is 0 Å². The van der Waals surface area contributed by atoms with Crippen LogP contribution < -0.4 is 15.4 Å². The van der Waals surface area contributed by atoms with Crippen molar-refractivity contribution in [3.8, 4) is 5.75 Å². The summed E-state index contributed by atoms with van der Waals surface area (Å²) in [5.74, 6) is 1.18. The van der Waals surface area contributed by atoms with Crippen molar-refractivity contribution in [2.45, 2.75) is 18.6 Å². The molecule has 0 saturated carbocycles. The van der Waals surface area contributed by atoms with Crippen LogP contribution in [0.1, 0.15) is 24.2 Å². The molecule has 0 bridgehead atoms. The molecule has 0 radical (unpaired) electrons. The molecule has 0 spiro atoms. The summed E-state index contributed by atoms with van der Waals surface area (Å²) in [7, 11) is 0.115. The number of guanidine groups is 1. The Morgan fingerprint density at radius 1 is 1.29 bits per heavy atom. The number of nitrogens with zero attached hydrogens (tertiary/aromatic N) is 2. The van der Waals surface area contributed by atoms with E-state index >= 15 is 0 Å². The van der Waals surface area contributed by atoms with E-state index < -0.39 is 14.6 Å². The third kappa shape index (κ3) is 5.97. The van der Waals surface area contributed by atoms with Gasteiger partial charge in [-0.25, -0.2) is 8.42 Å². The molecule has 0 unspecified atom stereocenters. The Morgan fingerprint density at radius 2 is 1.96 bits per heavy atom. The van der Waals surface area contributed by atoms with E-state index in [-0.39, 0.29) is 35.6 Å². The van der Waals surface area contributed by atoms with Gasteiger partial charge >= 0.3 is 0 Å². The molecule has 1 aromatic carbocycles. The molecule has 1 saturated heterocycles. The predicted molar refractivity (Wildman–Crippen MR) is 122 cm³/mol. The first-order valence-corrected chi connectivity index (χ1v) is 10.5. The van der Waals surface area contributed by atoms with Crippen molar-refractivity contribution in [2.75, 3.05) is 46.1 Å². The highest BCUT2D eigenvalue weighted by Crippen LogP contribution is 2.23. The zero-order valence-electron chi connectivity index (χ0n) is 16.7. The maximum Gasteiger partial charge on any atom is 0.251 e. The average molecular weight is 524 g/mol. The Labute approximate surface area is 184 Å². The van der Waals surface area contributed by atoms with Gasteiger partial charge in [0.1, 0.15) is 5.75 Å². The number of halogens is 1. The fraction of sp³-hybridized carbons (Fsp3) is 0.556. The average Bonchev–Trinajstić information content (AvgIpc) is 2.64. The van der Waals surface area contributed by atoms with Gasteiger partial charge in [-0.05, 0) is 32.0 Å². The third-order valence-electron chi connectivity index (χ3n) is 4.58. The van der Waals surface area contributed by atoms with Crippen LogP contribution in [0, 0.1) is 0 Å². The number of ether oxygens (including phenoxy) is 1. The largest absolute Gasteiger partial charge is 0.497 e. The van der Waals surface area contributed by atoms with Crippen LogP contribution in [0.25, 0.3) is 0 Å². The van der Waals surface area contributed by atoms with E-state index in [0.29, 0.717) is 43.5 Å². The summed E-state index contributed by atoms with van der Waals surface area (Å²) in [5.41, 5.74) is 0.529. The molecule has 1 fully saturated rings. The molecule has 0 atom stereocenters. The van der Waals surface area contributed by atoms with Crippen LogP contribution in [-0.4, -0.2) is 76.0 Å². The molecular formula is C18H29IN4O4S. The zero-order valence-corrected chi connectivity index (χ0v) is 19.8. The number of carbonyl (C=O) groups excluding carboxylic acids is 1. The lowest BCUT2D eigenvalue weighted by atomic mass is 10.2. The van der Waals surface area contributed by atoms with Gasteiger partial charge in [-0.15, -0.1) is 24.0 Å². The standard InChI is InChI=1S/C18H28N4O4S.HI/c1-18(2)13-22(10-11-27(18,24)25)17(19-3)21-9-8-20-16(23)14-6-5-7-15(12-14)26-4;/h5-7,12H,8-11,13H2,1-4H3,(H,19,21)(H,20,23);1H. The molecule has 1 aliphatic heterocycles. The summed E-state index contributed by atoms with van der Waals surface area (Å²) >= 11 is 0. The quantitative estimate of drug-likeness (QED) is 0.259. The van der Waals surface area contributed by atoms with Crippen molar-refractivity contribution in [1.29, 1.82) is 0 Å². The van der Waals surface area contributed by atoms with Gasteiger partial charge in [0, 0.05) is 38.8 Å². The smallest absolute Gasteiger partial charge is 0.251 e. The van der Waals surface area contributed by atoms with Crippen LogP contribution in [-0.2, 0) is 9.84 Å². The highest BCUT2D eigenvalue weighted by atomic mass is 127. The van der Waals surface area contributed by atoms with Gasteiger partial charge in [0.05, 0.1) is 17.6 Å². The number of hydrogen-bond donors (Lipinski definition) is 2. The van der Waals surface area contributed by atoms with Crippen molar-refractivity contribution in [1.82, 2.24) is 15.5 Å². The van der Waals surface area contributed by atoms with Gasteiger partial charge in [0.25, 0.3) is 5.91 Å². The van der Waals surface area contributed by atoms with E-state index in [1.54, 1.807) is 52.3 Å². The van der Waals surface area contributed by atoms with Crippen molar-refractivity contribution in [2.24, 2.45) is 4.99 Å². The molecule has 1 heterocycles. The summed E-state index contributed by atoms with van der Waals surface area (Å²) in [5, 5.41) is 6.01. The van der Waals surface area contributed by atoms with Crippen LogP contribution in [0.2, 0.25) is 0 Å². The number of nitrogens with one attached hydrogen (secondary N) is 2. The SMILES string of the molecule is CN=C(NCCNC(=O)c1cccc(OC)c1)N1CCS(=O)(=O)C(C)(C)C1.I. The van der Waals surface area contributed by atoms with Crippen molar-refractivity contribution in [3.05, 3.63) is 29.8 Å². The Bertz CT molecular complexity index is 812. The summed E-state index contributed by atoms with van der Waals surface area (Å²) in [6, 6.07) is 6.95. The van der Waals surface area contributed by atoms with E-state index in [2.05, 4.69) is 15.6 Å². The number of rotatable bonds is 5. The second-order valence-electron chi connectivity index (χ2n) is 6.96. The lowest BCUT2D eigenvalue weighted by Crippen LogP contribution is -2.57. The Balaban J connectivity index is 0.00000392. The molecule has 0 aliphatic carbocycles. The topological polar surface area (TPSA) is 100 Å². The van der Waals surface area contributed by atoms with Crippen LogP contribution in [0.3, 0.4) is 0 Å². The number of benzene rings is 1. The fourth-order valence-corrected chi connectivity index (χ4v) is 4.24. The third-order valence-corrected chi connectivity index (χ3v) is 7.11. The second kappa shape index (κ2) is 10.3. The van der Waals surface area contributed by atoms with Gasteiger partial charge < -0.3 is 20.3 Å². The summed E-state index contributed by atoms with van der Waals surface area (Å²) in [4.78, 5) is 18.3. The molecule has 10 heteroatoms. The van der Waals surface area contributed by atoms with Crippen molar-refractivity contribution >= 4 is 45.7 Å². The molecule has 28 heavy (non-hydrogen) atoms. The van der Waals surface area contributed by atoms with Crippen LogP contribution in [0.5, 0.6) is 5.75 Å². The van der Waals surface area contributed by atoms with E-state index in [4.69, 9.17) is 4.74 Å². The summed E-state index contributed by atoms with van der Waals surface area (Å²) < 4.78 is 28.6. The molecule has 8 nitrogen and oxygen atoms in total. The summed E-state index contributed by atoms with van der Waals surface area (Å²) in [6.07, 6.45) is 0. The Morgan fingerprint density at radius 3 is 2.57 bits per heavy atom. The van der Waals surface area contributed by atoms with Crippen LogP contribution in [0.4, 0.5) is 0 Å². The summed E-state index contributed by atoms with van der Waals surface area (Å²) in [6.45, 7) is 5.13. The first-order chi connectivity index (χ1) is 12.7. The first-order valence-electron chi connectivity index (χ1n) is 8.80. The van der Waals surface area contributed by atoms with Gasteiger partial charge in [-0.3, -0.25) is 9.79 Å². The number of methoxy groups -OCH3 is 1. The number of carbonyl (C=O) groups is 1. The normalized spacial score (nSPS) is 18.0. The fourth-order valence-electron chi connectivity index (χ4n) is 2.87. The Hall–Kier alpha value is -1.56. The van der Waals surface area contributed by atoms with Gasteiger partial charge in [-0.1, -0.05) is 6.07 Å². The lowest BCUT2D eigenvalue weighted by Gasteiger charge is -2.39. The minimum atomic E-state index is -3.10.